The number of rotatable bonds is 6. The average molecular weight is 512 g/mol. The predicted molar refractivity (Wildman–Crippen MR) is 128 cm³/mol. The fourth-order valence-corrected chi connectivity index (χ4v) is 3.96. The fraction of sp³-hybridized carbons (Fsp3) is 0.0417. The number of hydrogen-bond donors (Lipinski definition) is 2. The van der Waals surface area contributed by atoms with Crippen LogP contribution in [0.15, 0.2) is 76.1 Å². The molecule has 0 aliphatic rings. The number of anilines is 1. The molecule has 0 fully saturated rings. The lowest BCUT2D eigenvalue weighted by Crippen LogP contribution is -2.13. The van der Waals surface area contributed by atoms with E-state index in [4.69, 9.17) is 21.1 Å². The highest BCUT2D eigenvalue weighted by Gasteiger charge is 2.16. The molecule has 0 unspecified atom stereocenters. The van der Waals surface area contributed by atoms with Gasteiger partial charge in [0, 0.05) is 21.3 Å². The summed E-state index contributed by atoms with van der Waals surface area (Å²) in [5, 5.41) is 12.1. The molecule has 160 valence electrons. The van der Waals surface area contributed by atoms with Gasteiger partial charge in [-0.2, -0.15) is 0 Å². The molecular formula is C24H16BrClN2O4. The van der Waals surface area contributed by atoms with Crippen LogP contribution in [0.1, 0.15) is 11.1 Å². The van der Waals surface area contributed by atoms with Crippen molar-refractivity contribution in [3.63, 3.8) is 0 Å². The van der Waals surface area contributed by atoms with Crippen LogP contribution >= 0.6 is 27.5 Å². The third-order valence-electron chi connectivity index (χ3n) is 4.74. The molecular weight excluding hydrogens is 496 g/mol. The zero-order valence-electron chi connectivity index (χ0n) is 16.6. The lowest BCUT2D eigenvalue weighted by molar-refractivity contribution is -0.136. The Labute approximate surface area is 196 Å². The summed E-state index contributed by atoms with van der Waals surface area (Å²) in [5.74, 6) is -0.974. The van der Waals surface area contributed by atoms with Gasteiger partial charge in [0.25, 0.3) is 5.91 Å². The predicted octanol–water partition coefficient (Wildman–Crippen LogP) is 6.19. The van der Waals surface area contributed by atoms with Crippen LogP contribution < -0.4 is 5.32 Å². The van der Waals surface area contributed by atoms with Gasteiger partial charge in [-0.3, -0.25) is 9.59 Å². The lowest BCUT2D eigenvalue weighted by Gasteiger charge is -2.10. The number of carbonyl (C=O) groups is 2. The van der Waals surface area contributed by atoms with E-state index in [0.717, 1.165) is 4.47 Å². The smallest absolute Gasteiger partial charge is 0.307 e. The minimum absolute atomic E-state index is 0.0991. The highest BCUT2D eigenvalue weighted by atomic mass is 79.9. The Bertz CT molecular complexity index is 1380. The number of aliphatic carboxylic acids is 1. The number of fused-ring (bicyclic) bond motifs is 1. The van der Waals surface area contributed by atoms with Crippen molar-refractivity contribution in [1.82, 2.24) is 4.98 Å². The summed E-state index contributed by atoms with van der Waals surface area (Å²) in [5.41, 5.74) is 3.74. The van der Waals surface area contributed by atoms with E-state index in [0.29, 0.717) is 50.0 Å². The van der Waals surface area contributed by atoms with Crippen LogP contribution in [0.25, 0.3) is 28.1 Å². The standard InChI is InChI=1S/C24H16BrClN2O4/c1-13(16-4-2-3-5-18(16)25)23(31)27-15-7-8-17(19(26)12-15)24-28-20-10-14(11-22(29)30)6-9-21(20)32-24/h2-10,12H,1,11H2,(H,27,31)(H,29,30). The van der Waals surface area contributed by atoms with Gasteiger partial charge in [-0.15, -0.1) is 0 Å². The maximum atomic E-state index is 12.6. The molecule has 3 aromatic carbocycles. The molecule has 1 heterocycles. The second kappa shape index (κ2) is 8.98. The Hall–Kier alpha value is -3.42. The minimum atomic E-state index is -0.920. The molecule has 1 aromatic heterocycles. The van der Waals surface area contributed by atoms with E-state index < -0.39 is 5.97 Å². The van der Waals surface area contributed by atoms with Crippen molar-refractivity contribution < 1.29 is 19.1 Å². The van der Waals surface area contributed by atoms with Crippen LogP contribution in [-0.4, -0.2) is 22.0 Å². The first-order valence-corrected chi connectivity index (χ1v) is 10.7. The van der Waals surface area contributed by atoms with E-state index in [9.17, 15) is 9.59 Å². The van der Waals surface area contributed by atoms with Crippen molar-refractivity contribution in [3.05, 3.63) is 87.9 Å². The molecule has 8 heteroatoms. The molecule has 1 amide bonds. The van der Waals surface area contributed by atoms with E-state index in [1.54, 1.807) is 42.5 Å². The van der Waals surface area contributed by atoms with Gasteiger partial charge in [0.05, 0.1) is 17.0 Å². The summed E-state index contributed by atoms with van der Waals surface area (Å²) in [7, 11) is 0. The van der Waals surface area contributed by atoms with Gasteiger partial charge in [0.1, 0.15) is 5.52 Å². The van der Waals surface area contributed by atoms with Crippen LogP contribution in [0.5, 0.6) is 0 Å². The van der Waals surface area contributed by atoms with Crippen LogP contribution in [-0.2, 0) is 16.0 Å². The van der Waals surface area contributed by atoms with Crippen molar-refractivity contribution in [2.24, 2.45) is 0 Å². The van der Waals surface area contributed by atoms with Gasteiger partial charge >= 0.3 is 5.97 Å². The van der Waals surface area contributed by atoms with Gasteiger partial charge in [0.15, 0.2) is 5.58 Å². The molecule has 6 nitrogen and oxygen atoms in total. The van der Waals surface area contributed by atoms with E-state index in [2.05, 4.69) is 32.8 Å². The van der Waals surface area contributed by atoms with Crippen molar-refractivity contribution >= 4 is 61.8 Å². The Kier molecular flexibility index (Phi) is 6.12. The molecule has 4 aromatic rings. The lowest BCUT2D eigenvalue weighted by atomic mass is 10.1. The molecule has 2 N–H and O–H groups in total. The Morgan fingerprint density at radius 2 is 1.91 bits per heavy atom. The topological polar surface area (TPSA) is 92.4 Å². The highest BCUT2D eigenvalue weighted by Crippen LogP contribution is 2.33. The molecule has 0 bridgehead atoms. The van der Waals surface area contributed by atoms with Crippen LogP contribution in [0.4, 0.5) is 5.69 Å². The number of carboxylic acids is 1. The molecule has 0 radical (unpaired) electrons. The van der Waals surface area contributed by atoms with E-state index in [-0.39, 0.29) is 12.3 Å². The maximum absolute atomic E-state index is 12.6. The summed E-state index contributed by atoms with van der Waals surface area (Å²) in [4.78, 5) is 28.0. The molecule has 0 saturated heterocycles. The number of nitrogens with zero attached hydrogens (tertiary/aromatic N) is 1. The van der Waals surface area contributed by atoms with Crippen LogP contribution in [0.3, 0.4) is 0 Å². The Morgan fingerprint density at radius 1 is 1.12 bits per heavy atom. The van der Waals surface area contributed by atoms with Crippen molar-refractivity contribution in [1.29, 1.82) is 0 Å². The quantitative estimate of drug-likeness (QED) is 0.301. The van der Waals surface area contributed by atoms with Crippen molar-refractivity contribution in [2.75, 3.05) is 5.32 Å². The minimum Gasteiger partial charge on any atom is -0.481 e. The second-order valence-corrected chi connectivity index (χ2v) is 8.26. The van der Waals surface area contributed by atoms with Gasteiger partial charge in [-0.1, -0.05) is 58.4 Å². The SMILES string of the molecule is C=C(C(=O)Nc1ccc(-c2nc3cc(CC(=O)O)ccc3o2)c(Cl)c1)c1ccccc1Br. The molecule has 32 heavy (non-hydrogen) atoms. The zero-order chi connectivity index (χ0) is 22.8. The summed E-state index contributed by atoms with van der Waals surface area (Å²) in [6.07, 6.45) is -0.0991. The number of carbonyl (C=O) groups excluding carboxylic acids is 1. The first-order chi connectivity index (χ1) is 15.3. The van der Waals surface area contributed by atoms with Gasteiger partial charge in [-0.25, -0.2) is 4.98 Å². The Balaban J connectivity index is 1.55. The number of benzene rings is 3. The van der Waals surface area contributed by atoms with Gasteiger partial charge in [-0.05, 0) is 42.0 Å². The molecule has 0 spiro atoms. The van der Waals surface area contributed by atoms with Gasteiger partial charge < -0.3 is 14.8 Å². The summed E-state index contributed by atoms with van der Waals surface area (Å²) in [6, 6.07) is 17.4. The molecule has 0 atom stereocenters. The monoisotopic (exact) mass is 510 g/mol. The third kappa shape index (κ3) is 4.59. The number of carboxylic acid groups (broad SMARTS) is 1. The first-order valence-electron chi connectivity index (χ1n) is 9.48. The molecule has 0 aliphatic heterocycles. The molecule has 4 rings (SSSR count). The zero-order valence-corrected chi connectivity index (χ0v) is 18.9. The Morgan fingerprint density at radius 3 is 2.62 bits per heavy atom. The summed E-state index contributed by atoms with van der Waals surface area (Å²) >= 11 is 9.86. The van der Waals surface area contributed by atoms with Crippen molar-refractivity contribution in [2.45, 2.75) is 6.42 Å². The number of amides is 1. The average Bonchev–Trinajstić information content (AvgIpc) is 3.16. The number of hydrogen-bond acceptors (Lipinski definition) is 4. The number of oxazole rings is 1. The normalized spacial score (nSPS) is 10.8. The summed E-state index contributed by atoms with van der Waals surface area (Å²) < 4.78 is 6.55. The van der Waals surface area contributed by atoms with E-state index in [1.165, 1.54) is 0 Å². The van der Waals surface area contributed by atoms with Gasteiger partial charge in [0.2, 0.25) is 5.89 Å². The van der Waals surface area contributed by atoms with E-state index >= 15 is 0 Å². The molecule has 0 saturated carbocycles. The maximum Gasteiger partial charge on any atom is 0.307 e. The molecule has 0 aliphatic carbocycles. The van der Waals surface area contributed by atoms with Crippen LogP contribution in [0, 0.1) is 0 Å². The first kappa shape index (κ1) is 21.8. The number of halogens is 2. The van der Waals surface area contributed by atoms with Crippen molar-refractivity contribution in [3.8, 4) is 11.5 Å². The highest BCUT2D eigenvalue weighted by molar-refractivity contribution is 9.10. The number of aromatic nitrogens is 1. The second-order valence-electron chi connectivity index (χ2n) is 7.00. The third-order valence-corrected chi connectivity index (χ3v) is 5.74. The number of nitrogens with one attached hydrogen (secondary N) is 1. The van der Waals surface area contributed by atoms with E-state index in [1.807, 2.05) is 18.2 Å². The largest absolute Gasteiger partial charge is 0.481 e. The van der Waals surface area contributed by atoms with Crippen LogP contribution in [0.2, 0.25) is 5.02 Å². The summed E-state index contributed by atoms with van der Waals surface area (Å²) in [6.45, 7) is 3.88. The fourth-order valence-electron chi connectivity index (χ4n) is 3.17.